The first-order valence-electron chi connectivity index (χ1n) is 7.23. The van der Waals surface area contributed by atoms with Gasteiger partial charge >= 0.3 is 0 Å². The molecule has 122 valence electrons. The third-order valence-electron chi connectivity index (χ3n) is 4.39. The van der Waals surface area contributed by atoms with Crippen LogP contribution in [0.2, 0.25) is 0 Å². The van der Waals surface area contributed by atoms with Crippen molar-refractivity contribution in [1.29, 1.82) is 0 Å². The molecule has 3 atom stereocenters. The third-order valence-corrected chi connectivity index (χ3v) is 4.39. The molecule has 0 spiro atoms. The fourth-order valence-corrected chi connectivity index (χ4v) is 2.91. The van der Waals surface area contributed by atoms with Gasteiger partial charge in [-0.3, -0.25) is 0 Å². The van der Waals surface area contributed by atoms with E-state index >= 15 is 0 Å². The Morgan fingerprint density at radius 1 is 0.957 bits per heavy atom. The number of hydrogen-bond acceptors (Lipinski definition) is 6. The lowest BCUT2D eigenvalue weighted by Crippen LogP contribution is -2.33. The second kappa shape index (κ2) is 5.24. The lowest BCUT2D eigenvalue weighted by Gasteiger charge is -2.36. The van der Waals surface area contributed by atoms with Gasteiger partial charge in [-0.2, -0.15) is 0 Å². The molecule has 2 aromatic rings. The summed E-state index contributed by atoms with van der Waals surface area (Å²) in [7, 11) is 0. The highest BCUT2D eigenvalue weighted by Gasteiger charge is 2.37. The fraction of sp³-hybridized carbons (Fsp3) is 0.294. The summed E-state index contributed by atoms with van der Waals surface area (Å²) in [4.78, 5) is 0. The summed E-state index contributed by atoms with van der Waals surface area (Å²) in [5.74, 6) is -1.34. The number of aliphatic hydroxyl groups excluding tert-OH is 1. The van der Waals surface area contributed by atoms with Gasteiger partial charge in [0, 0.05) is 22.6 Å². The molecule has 0 saturated heterocycles. The van der Waals surface area contributed by atoms with E-state index in [1.807, 2.05) is 6.92 Å². The van der Waals surface area contributed by atoms with Gasteiger partial charge in [-0.1, -0.05) is 13.0 Å². The van der Waals surface area contributed by atoms with Crippen LogP contribution in [0.25, 0.3) is 0 Å². The van der Waals surface area contributed by atoms with Crippen molar-refractivity contribution in [2.45, 2.75) is 32.0 Å². The lowest BCUT2D eigenvalue weighted by molar-refractivity contribution is 0.00298. The SMILES string of the molecule is Cc1c(O)ccc2c1OC(c1cc(O)c(O)c(O)c1)C(O)C2C. The van der Waals surface area contributed by atoms with Crippen LogP contribution in [0.3, 0.4) is 0 Å². The first-order valence-corrected chi connectivity index (χ1v) is 7.23. The molecule has 2 aromatic carbocycles. The van der Waals surface area contributed by atoms with Crippen LogP contribution in [0.1, 0.15) is 35.6 Å². The zero-order chi connectivity index (χ0) is 16.9. The Balaban J connectivity index is 2.10. The number of hydrogen-bond donors (Lipinski definition) is 5. The molecule has 6 nitrogen and oxygen atoms in total. The Bertz CT molecular complexity index is 747. The van der Waals surface area contributed by atoms with Gasteiger partial charge in [-0.15, -0.1) is 0 Å². The van der Waals surface area contributed by atoms with E-state index in [2.05, 4.69) is 0 Å². The summed E-state index contributed by atoms with van der Waals surface area (Å²) < 4.78 is 5.85. The van der Waals surface area contributed by atoms with Crippen LogP contribution < -0.4 is 4.74 Å². The van der Waals surface area contributed by atoms with E-state index in [4.69, 9.17) is 4.74 Å². The van der Waals surface area contributed by atoms with E-state index in [1.54, 1.807) is 19.1 Å². The van der Waals surface area contributed by atoms with Gasteiger partial charge in [0.1, 0.15) is 17.6 Å². The largest absolute Gasteiger partial charge is 0.508 e. The van der Waals surface area contributed by atoms with Crippen molar-refractivity contribution in [1.82, 2.24) is 0 Å². The maximum Gasteiger partial charge on any atom is 0.200 e. The Morgan fingerprint density at radius 3 is 2.17 bits per heavy atom. The van der Waals surface area contributed by atoms with E-state index in [-0.39, 0.29) is 11.7 Å². The van der Waals surface area contributed by atoms with Gasteiger partial charge in [0.05, 0.1) is 0 Å². The summed E-state index contributed by atoms with van der Waals surface area (Å²) in [6, 6.07) is 5.73. The molecule has 1 aliphatic heterocycles. The van der Waals surface area contributed by atoms with E-state index < -0.39 is 29.5 Å². The monoisotopic (exact) mass is 318 g/mol. The summed E-state index contributed by atoms with van der Waals surface area (Å²) in [6.07, 6.45) is -1.77. The highest BCUT2D eigenvalue weighted by molar-refractivity contribution is 5.55. The zero-order valence-corrected chi connectivity index (χ0v) is 12.7. The highest BCUT2D eigenvalue weighted by Crippen LogP contribution is 2.47. The van der Waals surface area contributed by atoms with Gasteiger partial charge in [0.2, 0.25) is 0 Å². The van der Waals surface area contributed by atoms with Crippen LogP contribution in [0, 0.1) is 6.92 Å². The lowest BCUT2D eigenvalue weighted by atomic mass is 9.85. The van der Waals surface area contributed by atoms with Crippen molar-refractivity contribution in [2.24, 2.45) is 0 Å². The van der Waals surface area contributed by atoms with Crippen molar-refractivity contribution in [2.75, 3.05) is 0 Å². The average molecular weight is 318 g/mol. The average Bonchev–Trinajstić information content (AvgIpc) is 2.51. The molecule has 1 aliphatic rings. The number of benzene rings is 2. The third kappa shape index (κ3) is 2.31. The molecule has 5 N–H and O–H groups in total. The highest BCUT2D eigenvalue weighted by atomic mass is 16.5. The maximum atomic E-state index is 10.5. The Kier molecular flexibility index (Phi) is 3.49. The first kappa shape index (κ1) is 15.3. The second-order valence-electron chi connectivity index (χ2n) is 5.85. The molecular formula is C17H18O6. The standard InChI is InChI=1S/C17H18O6/c1-7-10-3-4-11(18)8(2)16(10)23-17(14(7)21)9-5-12(19)15(22)13(20)6-9/h3-7,14,17-22H,1-2H3. The minimum atomic E-state index is -0.921. The van der Waals surface area contributed by atoms with Gasteiger partial charge in [0.25, 0.3) is 0 Å². The number of fused-ring (bicyclic) bond motifs is 1. The minimum Gasteiger partial charge on any atom is -0.508 e. The Hall–Kier alpha value is -2.60. The molecule has 6 heteroatoms. The molecule has 0 aliphatic carbocycles. The molecule has 23 heavy (non-hydrogen) atoms. The first-order chi connectivity index (χ1) is 10.8. The van der Waals surface area contributed by atoms with E-state index in [9.17, 15) is 25.5 Å². The van der Waals surface area contributed by atoms with Crippen LogP contribution in [-0.2, 0) is 0 Å². The maximum absolute atomic E-state index is 10.5. The number of rotatable bonds is 1. The zero-order valence-electron chi connectivity index (χ0n) is 12.7. The molecule has 0 fully saturated rings. The van der Waals surface area contributed by atoms with Crippen LogP contribution in [0.15, 0.2) is 24.3 Å². The smallest absolute Gasteiger partial charge is 0.200 e. The molecule has 0 radical (unpaired) electrons. The topological polar surface area (TPSA) is 110 Å². The molecule has 0 saturated carbocycles. The van der Waals surface area contributed by atoms with Crippen LogP contribution >= 0.6 is 0 Å². The van der Waals surface area contributed by atoms with Gasteiger partial charge in [0.15, 0.2) is 23.4 Å². The molecule has 0 aromatic heterocycles. The molecule has 1 heterocycles. The number of phenolic OH excluding ortho intramolecular Hbond substituents is 4. The number of aromatic hydroxyl groups is 4. The van der Waals surface area contributed by atoms with Crippen molar-refractivity contribution in [3.05, 3.63) is 41.0 Å². The number of aliphatic hydroxyl groups is 1. The molecule has 0 bridgehead atoms. The summed E-state index contributed by atoms with van der Waals surface area (Å²) in [6.45, 7) is 3.54. The fourth-order valence-electron chi connectivity index (χ4n) is 2.91. The van der Waals surface area contributed by atoms with E-state index in [0.29, 0.717) is 16.9 Å². The van der Waals surface area contributed by atoms with Crippen molar-refractivity contribution < 1.29 is 30.3 Å². The normalized spacial score (nSPS) is 23.2. The predicted octanol–water partition coefficient (Wildman–Crippen LogP) is 2.42. The number of phenols is 4. The van der Waals surface area contributed by atoms with Gasteiger partial charge in [-0.25, -0.2) is 0 Å². The second-order valence-corrected chi connectivity index (χ2v) is 5.85. The molecule has 3 rings (SSSR count). The van der Waals surface area contributed by atoms with Crippen LogP contribution in [0.4, 0.5) is 0 Å². The minimum absolute atomic E-state index is 0.0856. The van der Waals surface area contributed by atoms with Crippen LogP contribution in [-0.4, -0.2) is 31.6 Å². The summed E-state index contributed by atoms with van der Waals surface area (Å²) >= 11 is 0. The Morgan fingerprint density at radius 2 is 1.57 bits per heavy atom. The van der Waals surface area contributed by atoms with Crippen molar-refractivity contribution >= 4 is 0 Å². The summed E-state index contributed by atoms with van der Waals surface area (Å²) in [5, 5.41) is 49.2. The number of ether oxygens (including phenoxy) is 1. The predicted molar refractivity (Wildman–Crippen MR) is 82.1 cm³/mol. The Labute approximate surface area is 132 Å². The van der Waals surface area contributed by atoms with E-state index in [0.717, 1.165) is 5.56 Å². The van der Waals surface area contributed by atoms with Crippen LogP contribution in [0.5, 0.6) is 28.7 Å². The molecule has 0 amide bonds. The van der Waals surface area contributed by atoms with Crippen molar-refractivity contribution in [3.8, 4) is 28.7 Å². The van der Waals surface area contributed by atoms with E-state index in [1.165, 1.54) is 12.1 Å². The van der Waals surface area contributed by atoms with Crippen molar-refractivity contribution in [3.63, 3.8) is 0 Å². The van der Waals surface area contributed by atoms with Gasteiger partial charge in [-0.05, 0) is 25.1 Å². The molecular weight excluding hydrogens is 300 g/mol. The van der Waals surface area contributed by atoms with Gasteiger partial charge < -0.3 is 30.3 Å². The molecule has 3 unspecified atom stereocenters. The quantitative estimate of drug-likeness (QED) is 0.517. The summed E-state index contributed by atoms with van der Waals surface area (Å²) in [5.41, 5.74) is 1.65.